The number of anilines is 1. The number of ether oxygens (including phenoxy) is 2. The molecule has 226 valence electrons. The number of nitrogens with zero attached hydrogens (tertiary/aromatic N) is 2. The van der Waals surface area contributed by atoms with Crippen LogP contribution in [0.2, 0.25) is 5.02 Å². The van der Waals surface area contributed by atoms with E-state index in [0.29, 0.717) is 10.8 Å². The number of sulfonamides is 1. The minimum absolute atomic E-state index is 0.105. The van der Waals surface area contributed by atoms with E-state index in [1.165, 1.54) is 49.5 Å². The predicted octanol–water partition coefficient (Wildman–Crippen LogP) is 5.19. The van der Waals surface area contributed by atoms with Gasteiger partial charge in [0.2, 0.25) is 11.8 Å². The molecule has 11 heteroatoms. The number of halogens is 1. The van der Waals surface area contributed by atoms with E-state index in [2.05, 4.69) is 5.32 Å². The van der Waals surface area contributed by atoms with Crippen LogP contribution in [-0.4, -0.2) is 57.5 Å². The highest BCUT2D eigenvalue weighted by Crippen LogP contribution is 2.32. The molecule has 0 aliphatic carbocycles. The third-order valence-corrected chi connectivity index (χ3v) is 8.63. The summed E-state index contributed by atoms with van der Waals surface area (Å²) in [5.74, 6) is -0.345. The van der Waals surface area contributed by atoms with Crippen molar-refractivity contribution in [3.05, 3.63) is 82.9 Å². The van der Waals surface area contributed by atoms with Crippen LogP contribution in [-0.2, 0) is 26.2 Å². The van der Waals surface area contributed by atoms with Crippen LogP contribution in [0.1, 0.15) is 38.8 Å². The van der Waals surface area contributed by atoms with E-state index >= 15 is 0 Å². The smallest absolute Gasteiger partial charge is 0.264 e. The van der Waals surface area contributed by atoms with E-state index in [1.807, 2.05) is 52.0 Å². The number of amides is 2. The molecule has 0 unspecified atom stereocenters. The lowest BCUT2D eigenvalue weighted by Gasteiger charge is -2.33. The van der Waals surface area contributed by atoms with Crippen LogP contribution in [0.4, 0.5) is 5.69 Å². The van der Waals surface area contributed by atoms with Crippen LogP contribution < -0.4 is 19.1 Å². The van der Waals surface area contributed by atoms with E-state index in [-0.39, 0.29) is 28.8 Å². The molecule has 3 aromatic rings. The van der Waals surface area contributed by atoms with Crippen molar-refractivity contribution in [1.29, 1.82) is 0 Å². The Labute approximate surface area is 253 Å². The van der Waals surface area contributed by atoms with E-state index in [0.717, 1.165) is 15.4 Å². The van der Waals surface area contributed by atoms with Crippen molar-refractivity contribution in [3.63, 3.8) is 0 Å². The lowest BCUT2D eigenvalue weighted by atomic mass is 10.1. The van der Waals surface area contributed by atoms with Gasteiger partial charge in [0.05, 0.1) is 24.8 Å². The minimum atomic E-state index is -4.30. The fourth-order valence-corrected chi connectivity index (χ4v) is 5.82. The number of hydrogen-bond acceptors (Lipinski definition) is 6. The normalized spacial score (nSPS) is 12.3. The molecule has 0 aliphatic rings. The Morgan fingerprint density at radius 2 is 1.57 bits per heavy atom. The van der Waals surface area contributed by atoms with Gasteiger partial charge in [0.1, 0.15) is 12.6 Å². The number of hydrogen-bond donors (Lipinski definition) is 1. The topological polar surface area (TPSA) is 105 Å². The molecule has 42 heavy (non-hydrogen) atoms. The number of methoxy groups -OCH3 is 2. The Morgan fingerprint density at radius 3 is 2.14 bits per heavy atom. The third kappa shape index (κ3) is 7.95. The molecule has 1 atom stereocenters. The van der Waals surface area contributed by atoms with Crippen molar-refractivity contribution < 1.29 is 27.5 Å². The van der Waals surface area contributed by atoms with E-state index in [4.69, 9.17) is 21.1 Å². The largest absolute Gasteiger partial charge is 0.493 e. The molecule has 9 nitrogen and oxygen atoms in total. The summed E-state index contributed by atoms with van der Waals surface area (Å²) in [5.41, 5.74) is 1.47. The van der Waals surface area contributed by atoms with Gasteiger partial charge in [0.15, 0.2) is 11.5 Å². The number of nitrogens with one attached hydrogen (secondary N) is 1. The first-order chi connectivity index (χ1) is 19.7. The van der Waals surface area contributed by atoms with Crippen molar-refractivity contribution in [3.8, 4) is 11.5 Å². The summed E-state index contributed by atoms with van der Waals surface area (Å²) >= 11 is 6.09. The molecule has 0 radical (unpaired) electrons. The fraction of sp³-hybridized carbons (Fsp3) is 0.355. The summed E-state index contributed by atoms with van der Waals surface area (Å²) in [6.45, 7) is 8.63. The average molecular weight is 616 g/mol. The molecule has 0 bridgehead atoms. The molecule has 0 aliphatic heterocycles. The highest BCUT2D eigenvalue weighted by Gasteiger charge is 2.34. The number of carbonyl (C=O) groups is 2. The standard InChI is InChI=1S/C31H38ClN3O6S/c1-21-10-8-9-11-23(21)19-34(22(2)30(37)33-31(3,4)5)29(36)20-35(25-14-12-24(32)13-15-25)42(38,39)26-16-17-27(40-6)28(18-26)41-7/h8-18,22H,19-20H2,1-7H3,(H,33,37)/t22-/m0/s1. The van der Waals surface area contributed by atoms with Crippen molar-refractivity contribution >= 4 is 39.1 Å². The van der Waals surface area contributed by atoms with Crippen LogP contribution in [0.3, 0.4) is 0 Å². The number of benzene rings is 3. The molecule has 3 rings (SSSR count). The van der Waals surface area contributed by atoms with Crippen LogP contribution in [0.25, 0.3) is 0 Å². The summed E-state index contributed by atoms with van der Waals surface area (Å²) < 4.78 is 39.8. The van der Waals surface area contributed by atoms with Gasteiger partial charge in [-0.15, -0.1) is 0 Å². The maximum atomic E-state index is 14.1. The fourth-order valence-electron chi connectivity index (χ4n) is 4.27. The quantitative estimate of drug-likeness (QED) is 0.318. The van der Waals surface area contributed by atoms with Gasteiger partial charge in [0.25, 0.3) is 10.0 Å². The summed E-state index contributed by atoms with van der Waals surface area (Å²) in [5, 5.41) is 3.33. The molecule has 2 amide bonds. The molecule has 0 aromatic heterocycles. The average Bonchev–Trinajstić information content (AvgIpc) is 2.94. The number of aryl methyl sites for hydroxylation is 1. The van der Waals surface area contributed by atoms with Gasteiger partial charge < -0.3 is 19.7 Å². The van der Waals surface area contributed by atoms with Crippen LogP contribution >= 0.6 is 11.6 Å². The molecular formula is C31H38ClN3O6S. The van der Waals surface area contributed by atoms with E-state index < -0.39 is 34.1 Å². The van der Waals surface area contributed by atoms with Crippen molar-refractivity contribution in [1.82, 2.24) is 10.2 Å². The van der Waals surface area contributed by atoms with Crippen LogP contribution in [0.15, 0.2) is 71.6 Å². The molecule has 1 N–H and O–H groups in total. The highest BCUT2D eigenvalue weighted by molar-refractivity contribution is 7.92. The molecule has 0 heterocycles. The summed E-state index contributed by atoms with van der Waals surface area (Å²) in [7, 11) is -1.45. The second kappa shape index (κ2) is 13.5. The molecule has 0 saturated carbocycles. The molecule has 0 spiro atoms. The summed E-state index contributed by atoms with van der Waals surface area (Å²) in [6, 6.07) is 17.0. The Balaban J connectivity index is 2.09. The lowest BCUT2D eigenvalue weighted by Crippen LogP contribution is -2.54. The Hall–Kier alpha value is -3.76. The SMILES string of the molecule is COc1ccc(S(=O)(=O)N(CC(=O)N(Cc2ccccc2C)[C@@H](C)C(=O)NC(C)(C)C)c2ccc(Cl)cc2)cc1OC. The zero-order chi connectivity index (χ0) is 31.2. The van der Waals surface area contributed by atoms with Gasteiger partial charge in [-0.25, -0.2) is 8.42 Å². The highest BCUT2D eigenvalue weighted by atomic mass is 35.5. The van der Waals surface area contributed by atoms with Crippen LogP contribution in [0.5, 0.6) is 11.5 Å². The molecule has 0 saturated heterocycles. The lowest BCUT2D eigenvalue weighted by molar-refractivity contribution is -0.140. The van der Waals surface area contributed by atoms with Gasteiger partial charge in [-0.1, -0.05) is 35.9 Å². The monoisotopic (exact) mass is 615 g/mol. The first kappa shape index (κ1) is 32.8. The Morgan fingerprint density at radius 1 is 0.952 bits per heavy atom. The maximum Gasteiger partial charge on any atom is 0.264 e. The number of rotatable bonds is 11. The van der Waals surface area contributed by atoms with Gasteiger partial charge in [-0.3, -0.25) is 13.9 Å². The second-order valence-corrected chi connectivity index (χ2v) is 13.2. The van der Waals surface area contributed by atoms with Crippen molar-refractivity contribution in [2.75, 3.05) is 25.1 Å². The third-order valence-electron chi connectivity index (χ3n) is 6.60. The molecular weight excluding hydrogens is 578 g/mol. The van der Waals surface area contributed by atoms with Crippen molar-refractivity contribution in [2.24, 2.45) is 0 Å². The number of carbonyl (C=O) groups excluding carboxylic acids is 2. The Bertz CT molecular complexity index is 1520. The van der Waals surface area contributed by atoms with Crippen molar-refractivity contribution in [2.45, 2.75) is 57.6 Å². The Kier molecular flexibility index (Phi) is 10.5. The summed E-state index contributed by atoms with van der Waals surface area (Å²) in [6.07, 6.45) is 0. The molecule has 3 aromatic carbocycles. The molecule has 0 fully saturated rings. The zero-order valence-electron chi connectivity index (χ0n) is 25.0. The van der Waals surface area contributed by atoms with E-state index in [1.54, 1.807) is 19.1 Å². The zero-order valence-corrected chi connectivity index (χ0v) is 26.5. The summed E-state index contributed by atoms with van der Waals surface area (Å²) in [4.78, 5) is 28.6. The van der Waals surface area contributed by atoms with E-state index in [9.17, 15) is 18.0 Å². The van der Waals surface area contributed by atoms with Crippen LogP contribution in [0, 0.1) is 6.92 Å². The van der Waals surface area contributed by atoms with Gasteiger partial charge in [-0.2, -0.15) is 0 Å². The maximum absolute atomic E-state index is 14.1. The first-order valence-corrected chi connectivity index (χ1v) is 15.2. The van der Waals surface area contributed by atoms with Gasteiger partial charge in [0, 0.05) is 23.2 Å². The predicted molar refractivity (Wildman–Crippen MR) is 165 cm³/mol. The minimum Gasteiger partial charge on any atom is -0.493 e. The first-order valence-electron chi connectivity index (χ1n) is 13.3. The van der Waals surface area contributed by atoms with Gasteiger partial charge in [-0.05, 0) is 82.1 Å². The second-order valence-electron chi connectivity index (χ2n) is 10.9. The van der Waals surface area contributed by atoms with Gasteiger partial charge >= 0.3 is 0 Å².